The summed E-state index contributed by atoms with van der Waals surface area (Å²) in [5, 5.41) is 2.64. The van der Waals surface area contributed by atoms with Crippen LogP contribution in [0.3, 0.4) is 0 Å². The van der Waals surface area contributed by atoms with Crippen LogP contribution in [0, 0.1) is 11.8 Å². The van der Waals surface area contributed by atoms with E-state index in [2.05, 4.69) is 5.32 Å². The van der Waals surface area contributed by atoms with Gasteiger partial charge < -0.3 is 5.32 Å². The number of carbonyl (C=O) groups excluding carboxylic acids is 1. The molecule has 2 saturated carbocycles. The fourth-order valence-electron chi connectivity index (χ4n) is 2.49. The van der Waals surface area contributed by atoms with Crippen LogP contribution in [0.15, 0.2) is 0 Å². The van der Waals surface area contributed by atoms with Crippen molar-refractivity contribution < 1.29 is 4.79 Å². The van der Waals surface area contributed by atoms with Gasteiger partial charge in [-0.1, -0.05) is 12.8 Å². The average molecular weight is 202 g/mol. The lowest BCUT2D eigenvalue weighted by Gasteiger charge is -2.04. The van der Waals surface area contributed by atoms with Crippen LogP contribution in [0.5, 0.6) is 0 Å². The molecular weight excluding hydrogens is 186 g/mol. The standard InChI is InChI=1S/C10H16ClNO/c1-6(11)10(13)12-9-7-4-2-3-5-8(7)9/h6-9H,2-5H2,1H3,(H,12,13). The molecule has 2 aliphatic rings. The zero-order chi connectivity index (χ0) is 9.42. The lowest BCUT2D eigenvalue weighted by atomic mass is 10.0. The van der Waals surface area contributed by atoms with Crippen molar-refractivity contribution in [3.8, 4) is 0 Å². The van der Waals surface area contributed by atoms with Crippen molar-refractivity contribution in [1.82, 2.24) is 5.32 Å². The topological polar surface area (TPSA) is 29.1 Å². The Morgan fingerprint density at radius 2 is 1.92 bits per heavy atom. The summed E-state index contributed by atoms with van der Waals surface area (Å²) in [6.45, 7) is 1.73. The lowest BCUT2D eigenvalue weighted by Crippen LogP contribution is -2.32. The minimum absolute atomic E-state index is 0.000988. The summed E-state index contributed by atoms with van der Waals surface area (Å²) in [4.78, 5) is 11.3. The van der Waals surface area contributed by atoms with E-state index in [1.807, 2.05) is 0 Å². The van der Waals surface area contributed by atoms with Gasteiger partial charge in [-0.05, 0) is 31.6 Å². The largest absolute Gasteiger partial charge is 0.352 e. The highest BCUT2D eigenvalue weighted by Gasteiger charge is 2.51. The molecule has 0 radical (unpaired) electrons. The smallest absolute Gasteiger partial charge is 0.238 e. The normalized spacial score (nSPS) is 39.1. The summed E-state index contributed by atoms with van der Waals surface area (Å²) in [6, 6.07) is 0.455. The Balaban J connectivity index is 1.81. The highest BCUT2D eigenvalue weighted by atomic mass is 35.5. The molecule has 3 atom stereocenters. The van der Waals surface area contributed by atoms with Gasteiger partial charge in [-0.15, -0.1) is 11.6 Å². The zero-order valence-electron chi connectivity index (χ0n) is 7.92. The fraction of sp³-hybridized carbons (Fsp3) is 0.900. The van der Waals surface area contributed by atoms with Gasteiger partial charge in [0.2, 0.25) is 5.91 Å². The molecule has 0 aromatic carbocycles. The van der Waals surface area contributed by atoms with Gasteiger partial charge in [0.1, 0.15) is 5.38 Å². The Kier molecular flexibility index (Phi) is 2.50. The first-order valence-electron chi connectivity index (χ1n) is 5.14. The van der Waals surface area contributed by atoms with Crippen molar-refractivity contribution in [1.29, 1.82) is 0 Å². The summed E-state index contributed by atoms with van der Waals surface area (Å²) in [7, 11) is 0. The molecule has 74 valence electrons. The van der Waals surface area contributed by atoms with Crippen LogP contribution in [0.25, 0.3) is 0 Å². The minimum atomic E-state index is -0.386. The highest BCUT2D eigenvalue weighted by molar-refractivity contribution is 6.30. The minimum Gasteiger partial charge on any atom is -0.352 e. The molecule has 0 spiro atoms. The molecule has 0 aromatic heterocycles. The summed E-state index contributed by atoms with van der Waals surface area (Å²) < 4.78 is 0. The monoisotopic (exact) mass is 201 g/mol. The molecule has 3 heteroatoms. The predicted octanol–water partition coefficient (Wildman–Crippen LogP) is 1.92. The zero-order valence-corrected chi connectivity index (χ0v) is 8.68. The number of alkyl halides is 1. The SMILES string of the molecule is CC(Cl)C(=O)NC1C2CCCCC21. The molecule has 0 saturated heterocycles. The maximum absolute atomic E-state index is 11.3. The van der Waals surface area contributed by atoms with E-state index < -0.39 is 0 Å². The number of amides is 1. The molecule has 13 heavy (non-hydrogen) atoms. The molecule has 0 aliphatic heterocycles. The Labute approximate surface area is 84.0 Å². The first kappa shape index (κ1) is 9.32. The molecule has 0 bridgehead atoms. The van der Waals surface area contributed by atoms with Gasteiger partial charge in [-0.25, -0.2) is 0 Å². The fourth-order valence-corrected chi connectivity index (χ4v) is 2.55. The second-order valence-electron chi connectivity index (χ2n) is 4.26. The van der Waals surface area contributed by atoms with Crippen molar-refractivity contribution in [2.24, 2.45) is 11.8 Å². The Bertz CT molecular complexity index is 205. The van der Waals surface area contributed by atoms with Gasteiger partial charge in [0, 0.05) is 6.04 Å². The molecule has 0 aromatic rings. The first-order chi connectivity index (χ1) is 6.20. The number of hydrogen-bond acceptors (Lipinski definition) is 1. The number of hydrogen-bond donors (Lipinski definition) is 1. The van der Waals surface area contributed by atoms with E-state index in [0.717, 1.165) is 11.8 Å². The van der Waals surface area contributed by atoms with Gasteiger partial charge in [0.05, 0.1) is 0 Å². The van der Waals surface area contributed by atoms with Gasteiger partial charge >= 0.3 is 0 Å². The molecule has 3 unspecified atom stereocenters. The molecule has 2 nitrogen and oxygen atoms in total. The van der Waals surface area contributed by atoms with Crippen molar-refractivity contribution >= 4 is 17.5 Å². The van der Waals surface area contributed by atoms with Gasteiger partial charge in [-0.2, -0.15) is 0 Å². The number of nitrogens with one attached hydrogen (secondary N) is 1. The van der Waals surface area contributed by atoms with E-state index in [4.69, 9.17) is 11.6 Å². The van der Waals surface area contributed by atoms with Crippen LogP contribution in [-0.2, 0) is 4.79 Å². The second kappa shape index (κ2) is 3.49. The number of carbonyl (C=O) groups is 1. The maximum atomic E-state index is 11.3. The number of halogens is 1. The van der Waals surface area contributed by atoms with Gasteiger partial charge in [0.15, 0.2) is 0 Å². The molecule has 1 amide bonds. The highest BCUT2D eigenvalue weighted by Crippen LogP contribution is 2.49. The number of fused-ring (bicyclic) bond motifs is 1. The van der Waals surface area contributed by atoms with Crippen molar-refractivity contribution in [2.45, 2.75) is 44.0 Å². The van der Waals surface area contributed by atoms with E-state index in [1.165, 1.54) is 25.7 Å². The molecule has 0 heterocycles. The summed E-state index contributed by atoms with van der Waals surface area (Å²) in [5.74, 6) is 1.54. The van der Waals surface area contributed by atoms with E-state index in [1.54, 1.807) is 6.92 Å². The van der Waals surface area contributed by atoms with Gasteiger partial charge in [0.25, 0.3) is 0 Å². The van der Waals surface area contributed by atoms with E-state index in [0.29, 0.717) is 6.04 Å². The van der Waals surface area contributed by atoms with Crippen LogP contribution < -0.4 is 5.32 Å². The average Bonchev–Trinajstić information content (AvgIpc) is 2.79. The first-order valence-corrected chi connectivity index (χ1v) is 5.58. The third-order valence-electron chi connectivity index (χ3n) is 3.33. The van der Waals surface area contributed by atoms with E-state index in [-0.39, 0.29) is 11.3 Å². The molecule has 2 fully saturated rings. The summed E-state index contributed by atoms with van der Waals surface area (Å²) in [6.07, 6.45) is 5.27. The van der Waals surface area contributed by atoms with E-state index >= 15 is 0 Å². The van der Waals surface area contributed by atoms with Crippen LogP contribution in [0.2, 0.25) is 0 Å². The lowest BCUT2D eigenvalue weighted by molar-refractivity contribution is -0.120. The quantitative estimate of drug-likeness (QED) is 0.680. The Morgan fingerprint density at radius 1 is 1.38 bits per heavy atom. The Hall–Kier alpha value is -0.240. The van der Waals surface area contributed by atoms with Crippen LogP contribution >= 0.6 is 11.6 Å². The van der Waals surface area contributed by atoms with Crippen LogP contribution in [0.1, 0.15) is 32.6 Å². The molecule has 2 rings (SSSR count). The maximum Gasteiger partial charge on any atom is 0.238 e. The van der Waals surface area contributed by atoms with Gasteiger partial charge in [-0.3, -0.25) is 4.79 Å². The predicted molar refractivity (Wildman–Crippen MR) is 52.7 cm³/mol. The third-order valence-corrected chi connectivity index (χ3v) is 3.52. The summed E-state index contributed by atoms with van der Waals surface area (Å²) in [5.41, 5.74) is 0. The van der Waals surface area contributed by atoms with Crippen LogP contribution in [0.4, 0.5) is 0 Å². The third kappa shape index (κ3) is 1.83. The van der Waals surface area contributed by atoms with Crippen molar-refractivity contribution in [2.75, 3.05) is 0 Å². The Morgan fingerprint density at radius 3 is 2.38 bits per heavy atom. The molecule has 2 aliphatic carbocycles. The molecular formula is C10H16ClNO. The van der Waals surface area contributed by atoms with Crippen LogP contribution in [-0.4, -0.2) is 17.3 Å². The van der Waals surface area contributed by atoms with Crippen molar-refractivity contribution in [3.05, 3.63) is 0 Å². The molecule has 1 N–H and O–H groups in total. The number of rotatable bonds is 2. The second-order valence-corrected chi connectivity index (χ2v) is 4.92. The van der Waals surface area contributed by atoms with Crippen molar-refractivity contribution in [3.63, 3.8) is 0 Å². The van der Waals surface area contributed by atoms with E-state index in [9.17, 15) is 4.79 Å². The summed E-state index contributed by atoms with van der Waals surface area (Å²) >= 11 is 5.69.